The number of nitro benzene ring substituents is 1. The molecular weight excluding hydrogens is 442 g/mol. The summed E-state index contributed by atoms with van der Waals surface area (Å²) in [4.78, 5) is 36.1. The highest BCUT2D eigenvalue weighted by atomic mass is 32.2. The van der Waals surface area contributed by atoms with Crippen molar-refractivity contribution in [1.29, 1.82) is 0 Å². The van der Waals surface area contributed by atoms with Crippen molar-refractivity contribution in [2.75, 3.05) is 26.7 Å². The molecule has 0 bridgehead atoms. The van der Waals surface area contributed by atoms with Gasteiger partial charge in [-0.05, 0) is 17.7 Å². The fourth-order valence-corrected chi connectivity index (χ4v) is 4.66. The zero-order chi connectivity index (χ0) is 23.3. The molecule has 0 spiro atoms. The lowest BCUT2D eigenvalue weighted by Gasteiger charge is -2.38. The Hall–Kier alpha value is -3.51. The number of nitro groups is 1. The third kappa shape index (κ3) is 5.03. The Bertz CT molecular complexity index is 1090. The van der Waals surface area contributed by atoms with Crippen molar-refractivity contribution in [3.8, 4) is 0 Å². The van der Waals surface area contributed by atoms with Gasteiger partial charge in [0.1, 0.15) is 12.6 Å². The highest BCUT2D eigenvalue weighted by Gasteiger charge is 2.41. The molecule has 1 fully saturated rings. The van der Waals surface area contributed by atoms with Crippen LogP contribution < -0.4 is 0 Å². The van der Waals surface area contributed by atoms with Gasteiger partial charge in [0.05, 0.1) is 16.9 Å². The van der Waals surface area contributed by atoms with Crippen LogP contribution in [0.2, 0.25) is 0 Å². The number of non-ortho nitro benzene ring substituents is 1. The highest BCUT2D eigenvalue weighted by Crippen LogP contribution is 2.23. The topological polar surface area (TPSA) is 136 Å². The second-order valence-electron chi connectivity index (χ2n) is 6.89. The lowest BCUT2D eigenvalue weighted by atomic mass is 10.2. The monoisotopic (exact) mass is 463 g/mol. The van der Waals surface area contributed by atoms with Gasteiger partial charge in [0.15, 0.2) is 0 Å². The van der Waals surface area contributed by atoms with Gasteiger partial charge < -0.3 is 9.47 Å². The number of rotatable bonds is 6. The van der Waals surface area contributed by atoms with Crippen molar-refractivity contribution in [3.63, 3.8) is 0 Å². The summed E-state index contributed by atoms with van der Waals surface area (Å²) in [6, 6.07) is 12.2. The lowest BCUT2D eigenvalue weighted by molar-refractivity contribution is -0.384. The molecule has 2 aromatic carbocycles. The van der Waals surface area contributed by atoms with E-state index in [0.717, 1.165) is 46.1 Å². The predicted octanol–water partition coefficient (Wildman–Crippen LogP) is 1.78. The molecule has 3 rings (SSSR count). The Kier molecular flexibility index (Phi) is 7.05. The molecule has 0 aliphatic carbocycles. The van der Waals surface area contributed by atoms with Gasteiger partial charge >= 0.3 is 12.1 Å². The molecular formula is C20H21N3O8S. The van der Waals surface area contributed by atoms with Crippen molar-refractivity contribution in [2.24, 2.45) is 0 Å². The Morgan fingerprint density at radius 1 is 1.09 bits per heavy atom. The average molecular weight is 463 g/mol. The summed E-state index contributed by atoms with van der Waals surface area (Å²) >= 11 is 0. The number of amides is 1. The summed E-state index contributed by atoms with van der Waals surface area (Å²) in [5.74, 6) is -0.787. The van der Waals surface area contributed by atoms with E-state index in [0.29, 0.717) is 0 Å². The summed E-state index contributed by atoms with van der Waals surface area (Å²) in [5.41, 5.74) is 0.511. The molecule has 1 unspecified atom stereocenters. The minimum atomic E-state index is -4.06. The fraction of sp³-hybridized carbons (Fsp3) is 0.300. The molecule has 0 aromatic heterocycles. The number of esters is 1. The fourth-order valence-electron chi connectivity index (χ4n) is 3.22. The van der Waals surface area contributed by atoms with Crippen LogP contribution in [0.15, 0.2) is 59.5 Å². The van der Waals surface area contributed by atoms with Gasteiger partial charge in [-0.1, -0.05) is 30.3 Å². The average Bonchev–Trinajstić information content (AvgIpc) is 2.82. The van der Waals surface area contributed by atoms with Crippen LogP contribution in [0, 0.1) is 10.1 Å². The molecule has 1 heterocycles. The first-order valence-corrected chi connectivity index (χ1v) is 11.0. The zero-order valence-electron chi connectivity index (χ0n) is 17.1. The summed E-state index contributed by atoms with van der Waals surface area (Å²) in [6.07, 6.45) is -0.767. The third-order valence-corrected chi connectivity index (χ3v) is 6.82. The maximum absolute atomic E-state index is 13.0. The van der Waals surface area contributed by atoms with Gasteiger partial charge in [0, 0.05) is 31.8 Å². The van der Waals surface area contributed by atoms with Gasteiger partial charge in [0.25, 0.3) is 5.69 Å². The first-order chi connectivity index (χ1) is 15.2. The van der Waals surface area contributed by atoms with E-state index in [1.807, 2.05) is 6.07 Å². The minimum absolute atomic E-state index is 0.00509. The molecule has 1 aliphatic rings. The molecule has 1 aliphatic heterocycles. The summed E-state index contributed by atoms with van der Waals surface area (Å²) in [6.45, 7) is -0.534. The largest absolute Gasteiger partial charge is 0.467 e. The standard InChI is InChI=1S/C20H21N3O8S/c1-30-19(24)18-13-21(32(28,29)17-9-7-16(8-10-17)23(26)27)11-12-22(18)20(25)31-14-15-5-3-2-4-6-15/h2-10,18H,11-14H2,1H3. The van der Waals surface area contributed by atoms with E-state index in [1.54, 1.807) is 24.3 Å². The normalized spacial score (nSPS) is 16.9. The first kappa shape index (κ1) is 23.2. The second-order valence-corrected chi connectivity index (χ2v) is 8.82. The van der Waals surface area contributed by atoms with Crippen LogP contribution in [0.3, 0.4) is 0 Å². The van der Waals surface area contributed by atoms with Crippen LogP contribution in [0.1, 0.15) is 5.56 Å². The van der Waals surface area contributed by atoms with Crippen LogP contribution >= 0.6 is 0 Å². The summed E-state index contributed by atoms with van der Waals surface area (Å²) < 4.78 is 37.0. The van der Waals surface area contributed by atoms with Crippen molar-refractivity contribution < 1.29 is 32.4 Å². The maximum Gasteiger partial charge on any atom is 0.410 e. The van der Waals surface area contributed by atoms with E-state index in [2.05, 4.69) is 0 Å². The molecule has 1 saturated heterocycles. The number of carbonyl (C=O) groups is 2. The summed E-state index contributed by atoms with van der Waals surface area (Å²) in [7, 11) is -2.92. The van der Waals surface area contributed by atoms with E-state index in [1.165, 1.54) is 0 Å². The van der Waals surface area contributed by atoms with Crippen LogP contribution in [-0.4, -0.2) is 67.4 Å². The van der Waals surface area contributed by atoms with E-state index in [9.17, 15) is 28.1 Å². The Balaban J connectivity index is 1.75. The number of carbonyl (C=O) groups excluding carboxylic acids is 2. The van der Waals surface area contributed by atoms with E-state index in [-0.39, 0.29) is 36.8 Å². The molecule has 1 atom stereocenters. The first-order valence-electron chi connectivity index (χ1n) is 9.54. The number of hydrogen-bond acceptors (Lipinski definition) is 8. The van der Waals surface area contributed by atoms with E-state index < -0.39 is 33.1 Å². The number of benzene rings is 2. The van der Waals surface area contributed by atoms with Gasteiger partial charge in [-0.25, -0.2) is 18.0 Å². The molecule has 32 heavy (non-hydrogen) atoms. The zero-order valence-corrected chi connectivity index (χ0v) is 17.9. The van der Waals surface area contributed by atoms with Crippen LogP contribution in [0.5, 0.6) is 0 Å². The van der Waals surface area contributed by atoms with Crippen LogP contribution in [0.25, 0.3) is 0 Å². The van der Waals surface area contributed by atoms with Crippen molar-refractivity contribution >= 4 is 27.8 Å². The van der Waals surface area contributed by atoms with Crippen molar-refractivity contribution in [3.05, 3.63) is 70.3 Å². The van der Waals surface area contributed by atoms with Gasteiger partial charge in [0.2, 0.25) is 10.0 Å². The maximum atomic E-state index is 13.0. The lowest BCUT2D eigenvalue weighted by Crippen LogP contribution is -2.59. The second kappa shape index (κ2) is 9.75. The smallest absolute Gasteiger partial charge is 0.410 e. The Morgan fingerprint density at radius 3 is 2.34 bits per heavy atom. The number of sulfonamides is 1. The van der Waals surface area contributed by atoms with Crippen molar-refractivity contribution in [2.45, 2.75) is 17.5 Å². The molecule has 0 N–H and O–H groups in total. The number of nitrogens with zero attached hydrogens (tertiary/aromatic N) is 3. The molecule has 0 saturated carbocycles. The highest BCUT2D eigenvalue weighted by molar-refractivity contribution is 7.89. The third-order valence-electron chi connectivity index (χ3n) is 4.94. The van der Waals surface area contributed by atoms with Crippen LogP contribution in [0.4, 0.5) is 10.5 Å². The number of ether oxygens (including phenoxy) is 2. The Labute approximate surface area is 184 Å². The number of hydrogen-bond donors (Lipinski definition) is 0. The quantitative estimate of drug-likeness (QED) is 0.359. The Morgan fingerprint density at radius 2 is 1.75 bits per heavy atom. The SMILES string of the molecule is COC(=O)C1CN(S(=O)(=O)c2ccc([N+](=O)[O-])cc2)CCN1C(=O)OCc1ccccc1. The molecule has 12 heteroatoms. The van der Waals surface area contributed by atoms with Gasteiger partial charge in [-0.15, -0.1) is 0 Å². The predicted molar refractivity (Wildman–Crippen MR) is 111 cm³/mol. The van der Waals surface area contributed by atoms with Crippen LogP contribution in [-0.2, 0) is 30.9 Å². The van der Waals surface area contributed by atoms with Gasteiger partial charge in [-0.2, -0.15) is 4.31 Å². The summed E-state index contributed by atoms with van der Waals surface area (Å²) in [5, 5.41) is 10.8. The van der Waals surface area contributed by atoms with Gasteiger partial charge in [-0.3, -0.25) is 15.0 Å². The molecule has 11 nitrogen and oxygen atoms in total. The molecule has 2 aromatic rings. The number of piperazine rings is 1. The molecule has 1 amide bonds. The number of methoxy groups -OCH3 is 1. The minimum Gasteiger partial charge on any atom is -0.467 e. The molecule has 170 valence electrons. The molecule has 0 radical (unpaired) electrons. The van der Waals surface area contributed by atoms with E-state index >= 15 is 0 Å². The van der Waals surface area contributed by atoms with Crippen molar-refractivity contribution in [1.82, 2.24) is 9.21 Å². The van der Waals surface area contributed by atoms with E-state index in [4.69, 9.17) is 9.47 Å².